The summed E-state index contributed by atoms with van der Waals surface area (Å²) in [6, 6.07) is 11.5. The number of hydrogen-bond donors (Lipinski definition) is 1. The molecule has 0 spiro atoms. The smallest absolute Gasteiger partial charge is 0.356 e. The molecule has 1 aromatic carbocycles. The zero-order chi connectivity index (χ0) is 15.7. The van der Waals surface area contributed by atoms with Crippen LogP contribution in [0.4, 0.5) is 5.82 Å². The maximum absolute atomic E-state index is 10.8. The summed E-state index contributed by atoms with van der Waals surface area (Å²) in [4.78, 5) is 12.8. The van der Waals surface area contributed by atoms with Crippen LogP contribution in [0.3, 0.4) is 0 Å². The van der Waals surface area contributed by atoms with Crippen molar-refractivity contribution in [2.24, 2.45) is 0 Å². The fourth-order valence-electron chi connectivity index (χ4n) is 2.96. The van der Waals surface area contributed by atoms with Gasteiger partial charge >= 0.3 is 5.97 Å². The van der Waals surface area contributed by atoms with Crippen molar-refractivity contribution in [1.29, 1.82) is 0 Å². The number of rotatable bonds is 4. The molecule has 1 aromatic heterocycles. The van der Waals surface area contributed by atoms with E-state index in [9.17, 15) is 4.79 Å². The lowest BCUT2D eigenvalue weighted by molar-refractivity contribution is 0.0689. The summed E-state index contributed by atoms with van der Waals surface area (Å²) in [6.07, 6.45) is 0.815. The summed E-state index contributed by atoms with van der Waals surface area (Å²) in [5, 5.41) is 16.6. The molecule has 6 heteroatoms. The number of ether oxygens (including phenoxy) is 1. The van der Waals surface area contributed by atoms with Gasteiger partial charge < -0.3 is 14.7 Å². The maximum Gasteiger partial charge on any atom is 0.356 e. The van der Waals surface area contributed by atoms with Crippen LogP contribution < -0.4 is 4.90 Å². The molecule has 22 heavy (non-hydrogen) atoms. The number of carbonyl (C=O) groups is 1. The third-order valence-electron chi connectivity index (χ3n) is 4.12. The molecule has 0 saturated heterocycles. The van der Waals surface area contributed by atoms with Gasteiger partial charge in [0.1, 0.15) is 6.10 Å². The van der Waals surface area contributed by atoms with Gasteiger partial charge in [-0.1, -0.05) is 24.3 Å². The van der Waals surface area contributed by atoms with Crippen molar-refractivity contribution in [2.75, 3.05) is 19.1 Å². The number of likely N-dealkylation sites (N-methyl/N-ethyl adjacent to an activating group) is 1. The van der Waals surface area contributed by atoms with Gasteiger partial charge in [0, 0.05) is 14.2 Å². The van der Waals surface area contributed by atoms with Gasteiger partial charge in [0.15, 0.2) is 11.5 Å². The van der Waals surface area contributed by atoms with Crippen LogP contribution in [-0.2, 0) is 11.2 Å². The third kappa shape index (κ3) is 2.42. The summed E-state index contributed by atoms with van der Waals surface area (Å²) in [6.45, 7) is 0. The van der Waals surface area contributed by atoms with Crippen LogP contribution in [-0.4, -0.2) is 41.5 Å². The Balaban J connectivity index is 1.86. The highest BCUT2D eigenvalue weighted by Gasteiger charge is 2.35. The van der Waals surface area contributed by atoms with Crippen LogP contribution in [0.5, 0.6) is 0 Å². The van der Waals surface area contributed by atoms with Crippen LogP contribution in [0.1, 0.15) is 27.7 Å². The molecule has 6 nitrogen and oxygen atoms in total. The molecule has 2 aromatic rings. The monoisotopic (exact) mass is 299 g/mol. The van der Waals surface area contributed by atoms with Crippen molar-refractivity contribution in [3.8, 4) is 0 Å². The molecular weight excluding hydrogens is 282 g/mol. The van der Waals surface area contributed by atoms with Gasteiger partial charge in [0.05, 0.1) is 6.04 Å². The lowest BCUT2D eigenvalue weighted by Gasteiger charge is -2.29. The van der Waals surface area contributed by atoms with Crippen molar-refractivity contribution in [1.82, 2.24) is 10.2 Å². The Labute approximate surface area is 128 Å². The molecule has 114 valence electrons. The number of aromatic carboxylic acids is 1. The van der Waals surface area contributed by atoms with E-state index in [1.54, 1.807) is 13.2 Å². The number of fused-ring (bicyclic) bond motifs is 1. The third-order valence-corrected chi connectivity index (χ3v) is 4.12. The quantitative estimate of drug-likeness (QED) is 0.929. The molecule has 0 fully saturated rings. The molecule has 0 amide bonds. The largest absolute Gasteiger partial charge is 0.476 e. The fourth-order valence-corrected chi connectivity index (χ4v) is 2.96. The summed E-state index contributed by atoms with van der Waals surface area (Å²) in [5.74, 6) is -0.449. The number of carboxylic acids is 1. The Morgan fingerprint density at radius 2 is 2.05 bits per heavy atom. The lowest BCUT2D eigenvalue weighted by Crippen LogP contribution is -2.36. The number of anilines is 1. The van der Waals surface area contributed by atoms with Gasteiger partial charge in [0.25, 0.3) is 0 Å². The topological polar surface area (TPSA) is 75.5 Å². The first-order valence-corrected chi connectivity index (χ1v) is 7.02. The summed E-state index contributed by atoms with van der Waals surface area (Å²) in [7, 11) is 3.62. The van der Waals surface area contributed by atoms with Gasteiger partial charge in [-0.15, -0.1) is 10.2 Å². The van der Waals surface area contributed by atoms with E-state index in [4.69, 9.17) is 9.84 Å². The van der Waals surface area contributed by atoms with E-state index in [-0.39, 0.29) is 17.8 Å². The Bertz CT molecular complexity index is 687. The second kappa shape index (κ2) is 5.73. The molecule has 1 aliphatic carbocycles. The van der Waals surface area contributed by atoms with Crippen molar-refractivity contribution in [3.05, 3.63) is 53.2 Å². The second-order valence-corrected chi connectivity index (χ2v) is 5.32. The number of hydrogen-bond acceptors (Lipinski definition) is 5. The minimum Gasteiger partial charge on any atom is -0.476 e. The molecular formula is C16H17N3O3. The molecule has 0 aliphatic heterocycles. The molecule has 3 rings (SSSR count). The minimum atomic E-state index is -1.08. The molecule has 2 atom stereocenters. The van der Waals surface area contributed by atoms with Crippen LogP contribution in [0.2, 0.25) is 0 Å². The Hall–Kier alpha value is -2.47. The second-order valence-electron chi connectivity index (χ2n) is 5.32. The van der Waals surface area contributed by atoms with Gasteiger partial charge in [-0.2, -0.15) is 0 Å². The van der Waals surface area contributed by atoms with E-state index < -0.39 is 5.97 Å². The first-order chi connectivity index (χ1) is 10.6. The molecule has 1 heterocycles. The highest BCUT2D eigenvalue weighted by atomic mass is 16.5. The average molecular weight is 299 g/mol. The molecule has 1 aliphatic rings. The van der Waals surface area contributed by atoms with E-state index >= 15 is 0 Å². The molecule has 0 saturated carbocycles. The standard InChI is InChI=1S/C16H17N3O3/c1-19(14-8-7-12(16(20)21)17-18-14)13-9-10-5-3-4-6-11(10)15(13)22-2/h3-8,13,15H,9H2,1-2H3,(H,20,21)/t13-,15+/m1/s1. The van der Waals surface area contributed by atoms with E-state index in [2.05, 4.69) is 22.3 Å². The van der Waals surface area contributed by atoms with Crippen molar-refractivity contribution in [2.45, 2.75) is 18.6 Å². The van der Waals surface area contributed by atoms with Crippen LogP contribution in [0.25, 0.3) is 0 Å². The normalized spacial score (nSPS) is 19.7. The zero-order valence-corrected chi connectivity index (χ0v) is 12.4. The SMILES string of the molecule is CO[C@H]1c2ccccc2C[C@H]1N(C)c1ccc(C(=O)O)nn1. The Kier molecular flexibility index (Phi) is 3.77. The number of aromatic nitrogens is 2. The van der Waals surface area contributed by atoms with Gasteiger partial charge in [0.2, 0.25) is 0 Å². The Morgan fingerprint density at radius 3 is 2.68 bits per heavy atom. The predicted molar refractivity (Wildman–Crippen MR) is 81.1 cm³/mol. The van der Waals surface area contributed by atoms with Crippen molar-refractivity contribution < 1.29 is 14.6 Å². The van der Waals surface area contributed by atoms with Crippen LogP contribution in [0, 0.1) is 0 Å². The van der Waals surface area contributed by atoms with Crippen LogP contribution in [0.15, 0.2) is 36.4 Å². The van der Waals surface area contributed by atoms with Crippen LogP contribution >= 0.6 is 0 Å². The van der Waals surface area contributed by atoms with Gasteiger partial charge in [-0.05, 0) is 29.7 Å². The summed E-state index contributed by atoms with van der Waals surface area (Å²) in [5.41, 5.74) is 2.40. The highest BCUT2D eigenvalue weighted by Crippen LogP contribution is 2.37. The molecule has 0 radical (unpaired) electrons. The number of methoxy groups -OCH3 is 1. The molecule has 0 unspecified atom stereocenters. The van der Waals surface area contributed by atoms with Crippen molar-refractivity contribution >= 4 is 11.8 Å². The van der Waals surface area contributed by atoms with E-state index in [1.165, 1.54) is 17.2 Å². The number of carboxylic acid groups (broad SMARTS) is 1. The fraction of sp³-hybridized carbons (Fsp3) is 0.312. The number of nitrogens with zero attached hydrogens (tertiary/aromatic N) is 3. The lowest BCUT2D eigenvalue weighted by atomic mass is 10.1. The zero-order valence-electron chi connectivity index (χ0n) is 12.4. The van der Waals surface area contributed by atoms with Crippen molar-refractivity contribution in [3.63, 3.8) is 0 Å². The van der Waals surface area contributed by atoms with E-state index in [0.717, 1.165) is 6.42 Å². The summed E-state index contributed by atoms with van der Waals surface area (Å²) >= 11 is 0. The maximum atomic E-state index is 10.8. The van der Waals surface area contributed by atoms with Gasteiger partial charge in [-0.25, -0.2) is 4.79 Å². The number of benzene rings is 1. The van der Waals surface area contributed by atoms with E-state index in [0.29, 0.717) is 5.82 Å². The first kappa shape index (κ1) is 14.5. The Morgan fingerprint density at radius 1 is 1.27 bits per heavy atom. The van der Waals surface area contributed by atoms with E-state index in [1.807, 2.05) is 24.1 Å². The molecule has 0 bridgehead atoms. The average Bonchev–Trinajstić information content (AvgIpc) is 2.92. The minimum absolute atomic E-state index is 0.0397. The first-order valence-electron chi connectivity index (χ1n) is 7.02. The molecule has 1 N–H and O–H groups in total. The summed E-state index contributed by atoms with van der Waals surface area (Å²) < 4.78 is 5.67. The highest BCUT2D eigenvalue weighted by molar-refractivity contribution is 5.85. The van der Waals surface area contributed by atoms with Gasteiger partial charge in [-0.3, -0.25) is 0 Å². The predicted octanol–water partition coefficient (Wildman–Crippen LogP) is 1.92.